The Morgan fingerprint density at radius 1 is 1.00 bits per heavy atom. The van der Waals surface area contributed by atoms with E-state index in [1.807, 2.05) is 16.7 Å². The summed E-state index contributed by atoms with van der Waals surface area (Å²) in [5.74, 6) is -0.291. The van der Waals surface area contributed by atoms with Crippen LogP contribution < -0.4 is 0 Å². The highest BCUT2D eigenvalue weighted by Gasteiger charge is 2.31. The first-order valence-corrected chi connectivity index (χ1v) is 7.93. The van der Waals surface area contributed by atoms with Crippen LogP contribution in [0.25, 0.3) is 0 Å². The molecule has 2 amide bonds. The van der Waals surface area contributed by atoms with Gasteiger partial charge in [0, 0.05) is 26.2 Å². The van der Waals surface area contributed by atoms with Gasteiger partial charge in [-0.25, -0.2) is 4.79 Å². The Morgan fingerprint density at radius 2 is 1.65 bits per heavy atom. The number of hydrogen-bond acceptors (Lipinski definition) is 3. The third kappa shape index (κ3) is 3.87. The molecule has 1 atom stereocenters. The van der Waals surface area contributed by atoms with Crippen molar-refractivity contribution in [2.75, 3.05) is 32.8 Å². The number of likely N-dealkylation sites (tertiary alicyclic amines) is 2. The molecule has 2 rings (SSSR count). The normalized spacial score (nSPS) is 24.1. The summed E-state index contributed by atoms with van der Waals surface area (Å²) < 4.78 is 5.08. The third-order valence-electron chi connectivity index (χ3n) is 4.19. The highest BCUT2D eigenvalue weighted by molar-refractivity contribution is 5.77. The van der Waals surface area contributed by atoms with Crippen molar-refractivity contribution in [3.8, 4) is 0 Å². The maximum atomic E-state index is 12.5. The summed E-state index contributed by atoms with van der Waals surface area (Å²) in [5, 5.41) is 0. The third-order valence-corrected chi connectivity index (χ3v) is 4.19. The predicted octanol–water partition coefficient (Wildman–Crippen LogP) is 2.26. The maximum absolute atomic E-state index is 12.5. The summed E-state index contributed by atoms with van der Waals surface area (Å²) in [6.07, 6.45) is 6.36. The van der Waals surface area contributed by atoms with Crippen molar-refractivity contribution in [2.45, 2.75) is 45.4 Å². The zero-order chi connectivity index (χ0) is 14.4. The minimum absolute atomic E-state index is 0.112. The lowest BCUT2D eigenvalue weighted by molar-refractivity contribution is -0.149. The van der Waals surface area contributed by atoms with Crippen LogP contribution in [0.4, 0.5) is 4.79 Å². The lowest BCUT2D eigenvalue weighted by Gasteiger charge is -2.35. The number of nitrogens with zero attached hydrogens (tertiary/aromatic N) is 2. The van der Waals surface area contributed by atoms with Gasteiger partial charge < -0.3 is 14.5 Å². The number of rotatable bonds is 2. The van der Waals surface area contributed by atoms with Crippen LogP contribution in [-0.4, -0.2) is 54.6 Å². The molecule has 0 bridgehead atoms. The van der Waals surface area contributed by atoms with Gasteiger partial charge in [-0.3, -0.25) is 4.79 Å². The van der Waals surface area contributed by atoms with E-state index in [4.69, 9.17) is 4.74 Å². The average Bonchev–Trinajstić information content (AvgIpc) is 2.76. The number of esters is 1. The van der Waals surface area contributed by atoms with E-state index >= 15 is 0 Å². The van der Waals surface area contributed by atoms with E-state index in [1.54, 1.807) is 0 Å². The van der Waals surface area contributed by atoms with E-state index in [0.717, 1.165) is 45.3 Å². The second-order valence-electron chi connectivity index (χ2n) is 5.72. The minimum Gasteiger partial charge on any atom is -0.466 e. The molecule has 20 heavy (non-hydrogen) atoms. The summed E-state index contributed by atoms with van der Waals surface area (Å²) in [4.78, 5) is 28.2. The van der Waals surface area contributed by atoms with E-state index in [9.17, 15) is 9.59 Å². The molecule has 0 aromatic heterocycles. The molecule has 2 aliphatic rings. The summed E-state index contributed by atoms with van der Waals surface area (Å²) in [6, 6.07) is 0.112. The summed E-state index contributed by atoms with van der Waals surface area (Å²) in [5.41, 5.74) is 0. The number of carbonyl (C=O) groups excluding carboxylic acids is 2. The van der Waals surface area contributed by atoms with Gasteiger partial charge in [-0.05, 0) is 32.6 Å². The van der Waals surface area contributed by atoms with Crippen molar-refractivity contribution in [1.82, 2.24) is 9.80 Å². The van der Waals surface area contributed by atoms with Gasteiger partial charge in [0.2, 0.25) is 0 Å². The smallest absolute Gasteiger partial charge is 0.320 e. The van der Waals surface area contributed by atoms with Crippen LogP contribution in [0.2, 0.25) is 0 Å². The molecular weight excluding hydrogens is 256 g/mol. The Kier molecular flexibility index (Phi) is 5.68. The summed E-state index contributed by atoms with van der Waals surface area (Å²) in [7, 11) is 0. The molecule has 0 N–H and O–H groups in total. The van der Waals surface area contributed by atoms with Gasteiger partial charge in [0.1, 0.15) is 0 Å². The molecule has 1 unspecified atom stereocenters. The van der Waals surface area contributed by atoms with Gasteiger partial charge in [0.25, 0.3) is 0 Å². The second-order valence-corrected chi connectivity index (χ2v) is 5.72. The molecule has 0 aromatic carbocycles. The standard InChI is InChI=1S/C15H26N2O3/c1-2-20-14(18)13-8-7-11-17(12-13)15(19)16-9-5-3-4-6-10-16/h13H,2-12H2,1H3. The largest absolute Gasteiger partial charge is 0.466 e. The molecule has 5 nitrogen and oxygen atoms in total. The Hall–Kier alpha value is -1.26. The minimum atomic E-state index is -0.152. The monoisotopic (exact) mass is 282 g/mol. The van der Waals surface area contributed by atoms with E-state index < -0.39 is 0 Å². The first kappa shape index (κ1) is 15.1. The van der Waals surface area contributed by atoms with E-state index in [2.05, 4.69) is 0 Å². The Balaban J connectivity index is 1.90. The summed E-state index contributed by atoms with van der Waals surface area (Å²) >= 11 is 0. The Bertz CT molecular complexity index is 338. The van der Waals surface area contributed by atoms with Crippen LogP contribution in [0.15, 0.2) is 0 Å². The van der Waals surface area contributed by atoms with Gasteiger partial charge >= 0.3 is 12.0 Å². The zero-order valence-corrected chi connectivity index (χ0v) is 12.5. The van der Waals surface area contributed by atoms with Crippen molar-refractivity contribution in [2.24, 2.45) is 5.92 Å². The number of ether oxygens (including phenoxy) is 1. The van der Waals surface area contributed by atoms with E-state index in [-0.39, 0.29) is 17.9 Å². The Labute approximate surface area is 121 Å². The molecule has 5 heteroatoms. The molecule has 114 valence electrons. The molecular formula is C15H26N2O3. The molecule has 2 heterocycles. The van der Waals surface area contributed by atoms with Crippen LogP contribution in [0.3, 0.4) is 0 Å². The topological polar surface area (TPSA) is 49.9 Å². The Morgan fingerprint density at radius 3 is 2.30 bits per heavy atom. The fraction of sp³-hybridized carbons (Fsp3) is 0.867. The van der Waals surface area contributed by atoms with Gasteiger partial charge in [-0.15, -0.1) is 0 Å². The summed E-state index contributed by atoms with van der Waals surface area (Å²) in [6.45, 7) is 5.24. The fourth-order valence-corrected chi connectivity index (χ4v) is 3.07. The van der Waals surface area contributed by atoms with Gasteiger partial charge in [-0.1, -0.05) is 12.8 Å². The number of urea groups is 1. The molecule has 0 aliphatic carbocycles. The van der Waals surface area contributed by atoms with Crippen LogP contribution >= 0.6 is 0 Å². The van der Waals surface area contributed by atoms with E-state index in [1.165, 1.54) is 12.8 Å². The lowest BCUT2D eigenvalue weighted by Crippen LogP contribution is -2.49. The van der Waals surface area contributed by atoms with Gasteiger partial charge in [0.05, 0.1) is 12.5 Å². The van der Waals surface area contributed by atoms with Crippen molar-refractivity contribution in [3.63, 3.8) is 0 Å². The first-order valence-electron chi connectivity index (χ1n) is 7.93. The lowest BCUT2D eigenvalue weighted by atomic mass is 9.98. The van der Waals surface area contributed by atoms with Crippen molar-refractivity contribution in [3.05, 3.63) is 0 Å². The van der Waals surface area contributed by atoms with Gasteiger partial charge in [0.15, 0.2) is 0 Å². The average molecular weight is 282 g/mol. The first-order chi connectivity index (χ1) is 9.72. The number of carbonyl (C=O) groups is 2. The number of piperidine rings is 1. The quantitative estimate of drug-likeness (QED) is 0.730. The number of amides is 2. The highest BCUT2D eigenvalue weighted by atomic mass is 16.5. The molecule has 0 saturated carbocycles. The maximum Gasteiger partial charge on any atom is 0.320 e. The molecule has 2 aliphatic heterocycles. The highest BCUT2D eigenvalue weighted by Crippen LogP contribution is 2.20. The van der Waals surface area contributed by atoms with Crippen LogP contribution in [0.1, 0.15) is 45.4 Å². The molecule has 2 fully saturated rings. The van der Waals surface area contributed by atoms with Crippen molar-refractivity contribution < 1.29 is 14.3 Å². The van der Waals surface area contributed by atoms with Crippen molar-refractivity contribution in [1.29, 1.82) is 0 Å². The van der Waals surface area contributed by atoms with Gasteiger partial charge in [-0.2, -0.15) is 0 Å². The molecule has 0 radical (unpaired) electrons. The number of hydrogen-bond donors (Lipinski definition) is 0. The SMILES string of the molecule is CCOC(=O)C1CCCN(C(=O)N2CCCCCC2)C1. The fourth-order valence-electron chi connectivity index (χ4n) is 3.07. The molecule has 0 aromatic rings. The predicted molar refractivity (Wildman–Crippen MR) is 76.4 cm³/mol. The van der Waals surface area contributed by atoms with Crippen LogP contribution in [0.5, 0.6) is 0 Å². The van der Waals surface area contributed by atoms with Crippen LogP contribution in [-0.2, 0) is 9.53 Å². The van der Waals surface area contributed by atoms with Crippen LogP contribution in [0, 0.1) is 5.92 Å². The zero-order valence-electron chi connectivity index (χ0n) is 12.5. The molecule has 0 spiro atoms. The molecule has 2 saturated heterocycles. The second kappa shape index (κ2) is 7.50. The van der Waals surface area contributed by atoms with Crippen molar-refractivity contribution >= 4 is 12.0 Å². The van der Waals surface area contributed by atoms with E-state index in [0.29, 0.717) is 13.2 Å².